The Labute approximate surface area is 103 Å². The van der Waals surface area contributed by atoms with E-state index >= 15 is 0 Å². The van der Waals surface area contributed by atoms with Gasteiger partial charge in [-0.15, -0.1) is 0 Å². The molecule has 0 aromatic carbocycles. The van der Waals surface area contributed by atoms with Crippen molar-refractivity contribution in [2.75, 3.05) is 19.8 Å². The highest BCUT2D eigenvalue weighted by molar-refractivity contribution is 5.83. The van der Waals surface area contributed by atoms with Crippen LogP contribution in [0.2, 0.25) is 0 Å². The molecule has 1 heterocycles. The van der Waals surface area contributed by atoms with Crippen molar-refractivity contribution in [3.8, 4) is 0 Å². The highest BCUT2D eigenvalue weighted by Gasteiger charge is 2.44. The van der Waals surface area contributed by atoms with E-state index in [1.807, 2.05) is 6.92 Å². The predicted molar refractivity (Wildman–Crippen MR) is 66.5 cm³/mol. The Kier molecular flexibility index (Phi) is 3.46. The summed E-state index contributed by atoms with van der Waals surface area (Å²) in [6, 6.07) is -0.182. The Morgan fingerprint density at radius 3 is 2.59 bits per heavy atom. The zero-order valence-electron chi connectivity index (χ0n) is 10.9. The molecule has 1 saturated carbocycles. The van der Waals surface area contributed by atoms with E-state index in [0.717, 1.165) is 6.54 Å². The average molecular weight is 240 g/mol. The van der Waals surface area contributed by atoms with Crippen LogP contribution < -0.4 is 11.1 Å². The molecule has 2 rings (SSSR count). The maximum Gasteiger partial charge on any atom is 0.229 e. The number of rotatable bonds is 3. The number of carbonyl (C=O) groups is 1. The van der Waals surface area contributed by atoms with Crippen molar-refractivity contribution in [3.63, 3.8) is 0 Å². The van der Waals surface area contributed by atoms with Gasteiger partial charge in [0.25, 0.3) is 0 Å². The number of nitrogens with two attached hydrogens (primary N) is 1. The molecule has 0 aromatic rings. The molecule has 0 spiro atoms. The van der Waals surface area contributed by atoms with E-state index in [1.165, 1.54) is 25.7 Å². The van der Waals surface area contributed by atoms with E-state index in [-0.39, 0.29) is 17.4 Å². The lowest BCUT2D eigenvalue weighted by Gasteiger charge is -2.29. The number of nitrogens with one attached hydrogen (secondary N) is 1. The highest BCUT2D eigenvalue weighted by atomic mass is 16.5. The van der Waals surface area contributed by atoms with Crippen molar-refractivity contribution in [1.29, 1.82) is 0 Å². The lowest BCUT2D eigenvalue weighted by atomic mass is 9.83. The summed E-state index contributed by atoms with van der Waals surface area (Å²) in [6.45, 7) is 5.86. The molecule has 4 heteroatoms. The van der Waals surface area contributed by atoms with Crippen LogP contribution in [-0.4, -0.2) is 31.7 Å². The molecule has 2 atom stereocenters. The summed E-state index contributed by atoms with van der Waals surface area (Å²) in [4.78, 5) is 12.2. The molecular formula is C13H24N2O2. The molecule has 17 heavy (non-hydrogen) atoms. The lowest BCUT2D eigenvalue weighted by Crippen LogP contribution is -2.51. The van der Waals surface area contributed by atoms with E-state index in [1.54, 1.807) is 0 Å². The van der Waals surface area contributed by atoms with Crippen LogP contribution >= 0.6 is 0 Å². The molecule has 1 aliphatic carbocycles. The van der Waals surface area contributed by atoms with Crippen molar-refractivity contribution in [1.82, 2.24) is 5.32 Å². The van der Waals surface area contributed by atoms with Crippen molar-refractivity contribution in [2.24, 2.45) is 16.6 Å². The third kappa shape index (κ3) is 2.47. The zero-order chi connectivity index (χ0) is 12.5. The minimum Gasteiger partial charge on any atom is -0.379 e. The molecule has 3 N–H and O–H groups in total. The Balaban J connectivity index is 1.89. The fourth-order valence-electron chi connectivity index (χ4n) is 2.82. The minimum absolute atomic E-state index is 0.0515. The molecule has 0 aromatic heterocycles. The first-order valence-electron chi connectivity index (χ1n) is 6.58. The van der Waals surface area contributed by atoms with E-state index in [4.69, 9.17) is 10.5 Å². The number of hydrogen-bond donors (Lipinski definition) is 2. The summed E-state index contributed by atoms with van der Waals surface area (Å²) in [5, 5.41) is 3.08. The molecule has 1 amide bonds. The van der Waals surface area contributed by atoms with Gasteiger partial charge in [0.1, 0.15) is 0 Å². The second-order valence-corrected chi connectivity index (χ2v) is 6.24. The number of carbonyl (C=O) groups excluding carboxylic acids is 1. The van der Waals surface area contributed by atoms with Gasteiger partial charge in [-0.25, -0.2) is 0 Å². The van der Waals surface area contributed by atoms with Crippen LogP contribution in [0.1, 0.15) is 39.5 Å². The topological polar surface area (TPSA) is 64.3 Å². The van der Waals surface area contributed by atoms with Crippen LogP contribution in [0, 0.1) is 10.8 Å². The first kappa shape index (κ1) is 12.8. The third-order valence-corrected chi connectivity index (χ3v) is 4.52. The zero-order valence-corrected chi connectivity index (χ0v) is 10.9. The van der Waals surface area contributed by atoms with Crippen molar-refractivity contribution in [3.05, 3.63) is 0 Å². The summed E-state index contributed by atoms with van der Waals surface area (Å²) in [6.07, 6.45) is 5.00. The molecule has 0 radical (unpaired) electrons. The van der Waals surface area contributed by atoms with E-state index < -0.39 is 5.41 Å². The van der Waals surface area contributed by atoms with E-state index in [0.29, 0.717) is 13.2 Å². The molecule has 4 nitrogen and oxygen atoms in total. The molecular weight excluding hydrogens is 216 g/mol. The molecule has 2 aliphatic rings. The van der Waals surface area contributed by atoms with Gasteiger partial charge in [0.2, 0.25) is 5.91 Å². The first-order valence-corrected chi connectivity index (χ1v) is 6.58. The SMILES string of the molecule is CC1(CNC(=O)C2(C)COCC2N)CCCC1. The normalized spacial score (nSPS) is 36.1. The molecule has 2 fully saturated rings. The first-order chi connectivity index (χ1) is 7.96. The smallest absolute Gasteiger partial charge is 0.229 e. The van der Waals surface area contributed by atoms with Crippen LogP contribution in [0.3, 0.4) is 0 Å². The van der Waals surface area contributed by atoms with Gasteiger partial charge < -0.3 is 15.8 Å². The Bertz CT molecular complexity index is 300. The monoisotopic (exact) mass is 240 g/mol. The van der Waals surface area contributed by atoms with Crippen LogP contribution in [0.25, 0.3) is 0 Å². The molecule has 1 saturated heterocycles. The quantitative estimate of drug-likeness (QED) is 0.775. The fourth-order valence-corrected chi connectivity index (χ4v) is 2.82. The van der Waals surface area contributed by atoms with Crippen molar-refractivity contribution in [2.45, 2.75) is 45.6 Å². The van der Waals surface area contributed by atoms with Crippen LogP contribution in [-0.2, 0) is 9.53 Å². The summed E-state index contributed by atoms with van der Waals surface area (Å²) >= 11 is 0. The highest BCUT2D eigenvalue weighted by Crippen LogP contribution is 2.37. The summed E-state index contributed by atoms with van der Waals surface area (Å²) < 4.78 is 5.30. The summed E-state index contributed by atoms with van der Waals surface area (Å²) in [5.41, 5.74) is 5.69. The second kappa shape index (κ2) is 4.58. The second-order valence-electron chi connectivity index (χ2n) is 6.24. The van der Waals surface area contributed by atoms with Gasteiger partial charge in [0.05, 0.1) is 18.6 Å². The standard InChI is InChI=1S/C13H24N2O2/c1-12(5-3-4-6-12)8-15-11(16)13(2)9-17-7-10(13)14/h10H,3-9,14H2,1-2H3,(H,15,16). The van der Waals surface area contributed by atoms with Crippen molar-refractivity contribution >= 4 is 5.91 Å². The lowest BCUT2D eigenvalue weighted by molar-refractivity contribution is -0.131. The number of ether oxygens (including phenoxy) is 1. The fraction of sp³-hybridized carbons (Fsp3) is 0.923. The van der Waals surface area contributed by atoms with Crippen LogP contribution in [0.15, 0.2) is 0 Å². The Morgan fingerprint density at radius 1 is 1.41 bits per heavy atom. The van der Waals surface area contributed by atoms with E-state index in [9.17, 15) is 4.79 Å². The predicted octanol–water partition coefficient (Wildman–Crippen LogP) is 1.05. The largest absolute Gasteiger partial charge is 0.379 e. The van der Waals surface area contributed by atoms with Crippen LogP contribution in [0.5, 0.6) is 0 Å². The summed E-state index contributed by atoms with van der Waals surface area (Å²) in [5.74, 6) is 0.0515. The van der Waals surface area contributed by atoms with Gasteiger partial charge in [-0.05, 0) is 25.2 Å². The molecule has 1 aliphatic heterocycles. The average Bonchev–Trinajstić information content (AvgIpc) is 2.85. The minimum atomic E-state index is -0.547. The van der Waals surface area contributed by atoms with Gasteiger partial charge in [-0.1, -0.05) is 19.8 Å². The van der Waals surface area contributed by atoms with Crippen molar-refractivity contribution < 1.29 is 9.53 Å². The Morgan fingerprint density at radius 2 is 2.06 bits per heavy atom. The number of amides is 1. The third-order valence-electron chi connectivity index (χ3n) is 4.52. The molecule has 98 valence electrons. The van der Waals surface area contributed by atoms with Gasteiger partial charge >= 0.3 is 0 Å². The number of hydrogen-bond acceptors (Lipinski definition) is 3. The van der Waals surface area contributed by atoms with E-state index in [2.05, 4.69) is 12.2 Å². The van der Waals surface area contributed by atoms with Gasteiger partial charge in [0, 0.05) is 12.6 Å². The molecule has 0 bridgehead atoms. The Hall–Kier alpha value is -0.610. The van der Waals surface area contributed by atoms with Gasteiger partial charge in [-0.3, -0.25) is 4.79 Å². The molecule has 2 unspecified atom stereocenters. The van der Waals surface area contributed by atoms with Gasteiger partial charge in [0.15, 0.2) is 0 Å². The van der Waals surface area contributed by atoms with Crippen LogP contribution in [0.4, 0.5) is 0 Å². The maximum absolute atomic E-state index is 12.2. The summed E-state index contributed by atoms with van der Waals surface area (Å²) in [7, 11) is 0. The van der Waals surface area contributed by atoms with Gasteiger partial charge in [-0.2, -0.15) is 0 Å². The maximum atomic E-state index is 12.2.